The minimum absolute atomic E-state index is 0.0689. The van der Waals surface area contributed by atoms with E-state index in [2.05, 4.69) is 0 Å². The molecule has 1 fully saturated rings. The lowest BCUT2D eigenvalue weighted by Crippen LogP contribution is -2.45. The van der Waals surface area contributed by atoms with Crippen LogP contribution in [-0.4, -0.2) is 75.4 Å². The molecule has 0 aliphatic carbocycles. The van der Waals surface area contributed by atoms with Crippen molar-refractivity contribution in [1.82, 2.24) is 14.2 Å². The highest BCUT2D eigenvalue weighted by molar-refractivity contribution is 8.13. The van der Waals surface area contributed by atoms with Gasteiger partial charge in [0.25, 0.3) is 5.56 Å². The molecule has 0 radical (unpaired) electrons. The quantitative estimate of drug-likeness (QED) is 0.285. The second kappa shape index (κ2) is 10.2. The second-order valence-electron chi connectivity index (χ2n) is 6.69. The Kier molecular flexibility index (Phi) is 8.40. The molecule has 1 aliphatic rings. The predicted octanol–water partition coefficient (Wildman–Crippen LogP) is 0.119. The number of carbonyl (C=O) groups is 1. The summed E-state index contributed by atoms with van der Waals surface area (Å²) in [5, 5.41) is 10.3. The number of ether oxygens (including phenoxy) is 1. The van der Waals surface area contributed by atoms with Gasteiger partial charge in [-0.2, -0.15) is 0 Å². The Morgan fingerprint density at radius 3 is 2.74 bits per heavy atom. The van der Waals surface area contributed by atoms with E-state index in [4.69, 9.17) is 20.2 Å². The van der Waals surface area contributed by atoms with Gasteiger partial charge >= 0.3 is 13.4 Å². The number of terminal acetylenes is 1. The summed E-state index contributed by atoms with van der Waals surface area (Å²) in [6.45, 7) is 0.726. The highest BCUT2D eigenvalue weighted by atomic mass is 32.2. The minimum Gasteiger partial charge on any atom is -0.386 e. The van der Waals surface area contributed by atoms with Crippen LogP contribution in [0.25, 0.3) is 0 Å². The number of aromatic nitrogens is 2. The van der Waals surface area contributed by atoms with E-state index in [1.54, 1.807) is 5.92 Å². The first-order chi connectivity index (χ1) is 14.4. The number of thioether (sulfide) groups is 1. The van der Waals surface area contributed by atoms with Gasteiger partial charge in [-0.15, -0.1) is 6.42 Å². The molecule has 2 heterocycles. The molecular formula is C17H23FN3O8PS. The van der Waals surface area contributed by atoms with Gasteiger partial charge in [-0.05, 0) is 14.1 Å². The smallest absolute Gasteiger partial charge is 0.386 e. The van der Waals surface area contributed by atoms with E-state index in [0.29, 0.717) is 4.57 Å². The van der Waals surface area contributed by atoms with Crippen molar-refractivity contribution in [3.63, 3.8) is 0 Å². The number of halogens is 1. The van der Waals surface area contributed by atoms with Gasteiger partial charge in [-0.1, -0.05) is 17.7 Å². The summed E-state index contributed by atoms with van der Waals surface area (Å²) in [5.74, 6) is 2.03. The molecule has 31 heavy (non-hydrogen) atoms. The largest absolute Gasteiger partial charge is 0.407 e. The fourth-order valence-corrected chi connectivity index (χ4v) is 4.47. The van der Waals surface area contributed by atoms with E-state index in [9.17, 15) is 24.1 Å². The van der Waals surface area contributed by atoms with Crippen LogP contribution in [0.15, 0.2) is 21.9 Å². The monoisotopic (exact) mass is 479 g/mol. The standard InChI is InChI=1S/C17H23FN3O8PS/c1-5-17(18)14(24)12(29-15(17)21-7-6-13(23)19-16(21)25)10-28-30(26,20(3)4)27-8-9-31-11(2)22/h1,6-7,12,14-15,24H,8-10H2,2-4H3,(H,19,23,25)/t12-,14?,15-,17+,30?/m1/s1. The van der Waals surface area contributed by atoms with Crippen molar-refractivity contribution in [3.05, 3.63) is 33.1 Å². The second-order valence-corrected chi connectivity index (χ2v) is 10.2. The Bertz CT molecular complexity index is 1010. The van der Waals surface area contributed by atoms with Gasteiger partial charge in [0, 0.05) is 24.9 Å². The summed E-state index contributed by atoms with van der Waals surface area (Å²) in [4.78, 5) is 36.2. The van der Waals surface area contributed by atoms with E-state index < -0.39 is 49.7 Å². The maximum absolute atomic E-state index is 15.4. The molecule has 0 spiro atoms. The van der Waals surface area contributed by atoms with Crippen LogP contribution < -0.4 is 11.2 Å². The third-order valence-corrected chi connectivity index (χ3v) is 7.05. The first-order valence-corrected chi connectivity index (χ1v) is 11.4. The average Bonchev–Trinajstić information content (AvgIpc) is 2.95. The lowest BCUT2D eigenvalue weighted by molar-refractivity contribution is -0.109. The van der Waals surface area contributed by atoms with Crippen LogP contribution in [0.2, 0.25) is 0 Å². The van der Waals surface area contributed by atoms with Gasteiger partial charge in [0.1, 0.15) is 12.2 Å². The summed E-state index contributed by atoms with van der Waals surface area (Å²) in [6.07, 6.45) is 1.12. The average molecular weight is 479 g/mol. The first-order valence-electron chi connectivity index (χ1n) is 8.96. The minimum atomic E-state index is -3.86. The van der Waals surface area contributed by atoms with Crippen LogP contribution in [0.3, 0.4) is 0 Å². The highest BCUT2D eigenvalue weighted by Gasteiger charge is 2.58. The molecule has 11 nitrogen and oxygen atoms in total. The number of aliphatic hydroxyl groups is 1. The van der Waals surface area contributed by atoms with Crippen LogP contribution in [0, 0.1) is 12.3 Å². The van der Waals surface area contributed by atoms with Crippen LogP contribution in [0.5, 0.6) is 0 Å². The van der Waals surface area contributed by atoms with Crippen molar-refractivity contribution in [2.45, 2.75) is 31.0 Å². The molecule has 1 aliphatic heterocycles. The van der Waals surface area contributed by atoms with Crippen molar-refractivity contribution in [1.29, 1.82) is 0 Å². The highest BCUT2D eigenvalue weighted by Crippen LogP contribution is 2.51. The maximum Gasteiger partial charge on any atom is 0.407 e. The number of carbonyl (C=O) groups excluding carboxylic acids is 1. The lowest BCUT2D eigenvalue weighted by Gasteiger charge is -2.25. The summed E-state index contributed by atoms with van der Waals surface area (Å²) in [7, 11) is -1.01. The van der Waals surface area contributed by atoms with Crippen LogP contribution in [-0.2, 0) is 23.1 Å². The zero-order chi connectivity index (χ0) is 23.4. The maximum atomic E-state index is 15.4. The molecule has 1 aromatic heterocycles. The Morgan fingerprint density at radius 1 is 1.52 bits per heavy atom. The molecular weight excluding hydrogens is 456 g/mol. The Labute approximate surface area is 181 Å². The number of aromatic amines is 1. The number of aliphatic hydroxyl groups excluding tert-OH is 1. The fraction of sp³-hybridized carbons (Fsp3) is 0.588. The van der Waals surface area contributed by atoms with Gasteiger partial charge in [0.15, 0.2) is 11.3 Å². The zero-order valence-electron chi connectivity index (χ0n) is 17.0. The first kappa shape index (κ1) is 25.5. The predicted molar refractivity (Wildman–Crippen MR) is 110 cm³/mol. The van der Waals surface area contributed by atoms with Crippen LogP contribution in [0.1, 0.15) is 13.2 Å². The molecule has 0 bridgehead atoms. The lowest BCUT2D eigenvalue weighted by atomic mass is 9.97. The van der Waals surface area contributed by atoms with E-state index in [1.165, 1.54) is 25.7 Å². The molecule has 172 valence electrons. The summed E-state index contributed by atoms with van der Waals surface area (Å²) < 4.78 is 46.2. The van der Waals surface area contributed by atoms with Gasteiger partial charge in [0.2, 0.25) is 5.67 Å². The number of hydrogen-bond acceptors (Lipinski definition) is 9. The third-order valence-electron chi connectivity index (χ3n) is 4.31. The van der Waals surface area contributed by atoms with Gasteiger partial charge in [0.05, 0.1) is 13.2 Å². The van der Waals surface area contributed by atoms with Crippen LogP contribution in [0.4, 0.5) is 4.39 Å². The molecule has 1 aromatic rings. The summed E-state index contributed by atoms with van der Waals surface area (Å²) in [5.41, 5.74) is -4.54. The molecule has 5 atom stereocenters. The van der Waals surface area contributed by atoms with Crippen molar-refractivity contribution in [2.75, 3.05) is 33.1 Å². The molecule has 0 aromatic carbocycles. The normalized spacial score (nSPS) is 27.7. The fourth-order valence-electron chi connectivity index (χ4n) is 2.70. The van der Waals surface area contributed by atoms with E-state index >= 15 is 4.39 Å². The molecule has 14 heteroatoms. The number of nitrogens with one attached hydrogen (secondary N) is 1. The Balaban J connectivity index is 2.16. The van der Waals surface area contributed by atoms with Gasteiger partial charge in [-0.25, -0.2) is 18.4 Å². The van der Waals surface area contributed by atoms with Crippen molar-refractivity contribution in [2.24, 2.45) is 0 Å². The van der Waals surface area contributed by atoms with Crippen molar-refractivity contribution in [3.8, 4) is 12.3 Å². The number of rotatable bonds is 9. The van der Waals surface area contributed by atoms with E-state index in [0.717, 1.165) is 24.0 Å². The molecule has 0 amide bonds. The topological polar surface area (TPSA) is 140 Å². The van der Waals surface area contributed by atoms with Crippen molar-refractivity contribution >= 4 is 24.6 Å². The number of nitrogens with zero attached hydrogens (tertiary/aromatic N) is 2. The third kappa shape index (κ3) is 5.72. The zero-order valence-corrected chi connectivity index (χ0v) is 18.7. The Hall–Kier alpha value is -1.78. The Morgan fingerprint density at radius 2 is 2.19 bits per heavy atom. The number of H-pyrrole nitrogens is 1. The molecule has 2 rings (SSSR count). The van der Waals surface area contributed by atoms with Gasteiger partial charge < -0.3 is 9.84 Å². The van der Waals surface area contributed by atoms with Gasteiger partial charge in [-0.3, -0.25) is 28.2 Å². The molecule has 2 N–H and O–H groups in total. The summed E-state index contributed by atoms with van der Waals surface area (Å²) in [6, 6.07) is 0.963. The summed E-state index contributed by atoms with van der Waals surface area (Å²) >= 11 is 0.977. The number of hydrogen-bond donors (Lipinski definition) is 2. The molecule has 2 unspecified atom stereocenters. The number of alkyl halides is 1. The SMILES string of the molecule is C#C[C@]1(F)C(O)[C@@H](COP(=O)(OCCSC(C)=O)N(C)C)O[C@H]1n1ccc(=O)[nH]c1=O. The van der Waals surface area contributed by atoms with Crippen molar-refractivity contribution < 1.29 is 32.6 Å². The molecule has 0 saturated carbocycles. The van der Waals surface area contributed by atoms with E-state index in [1.807, 2.05) is 4.98 Å². The van der Waals surface area contributed by atoms with Crippen LogP contribution >= 0.6 is 19.5 Å². The molecule has 1 saturated heterocycles. The van der Waals surface area contributed by atoms with E-state index in [-0.39, 0.29) is 17.5 Å².